The number of benzene rings is 1. The topological polar surface area (TPSA) is 66.8 Å². The lowest BCUT2D eigenvalue weighted by Gasteiger charge is -2.30. The van der Waals surface area contributed by atoms with Gasteiger partial charge in [-0.1, -0.05) is 18.0 Å². The van der Waals surface area contributed by atoms with Gasteiger partial charge in [0.05, 0.1) is 9.72 Å². The van der Waals surface area contributed by atoms with E-state index in [4.69, 9.17) is 16.3 Å². The molecule has 0 aromatic heterocycles. The fourth-order valence-corrected chi connectivity index (χ4v) is 5.52. The number of likely N-dealkylation sites (N-methyl/N-ethyl adjacent to an activating group) is 1. The average Bonchev–Trinajstić information content (AvgIpc) is 2.96. The molecule has 1 aliphatic carbocycles. The van der Waals surface area contributed by atoms with Crippen LogP contribution in [-0.2, 0) is 9.84 Å². The minimum Gasteiger partial charge on any atom is -0.490 e. The molecule has 8 heteroatoms. The van der Waals surface area contributed by atoms with E-state index in [1.165, 1.54) is 6.26 Å². The van der Waals surface area contributed by atoms with Crippen LogP contribution in [0.15, 0.2) is 22.7 Å². The van der Waals surface area contributed by atoms with Crippen LogP contribution in [0.25, 0.3) is 0 Å². The normalized spacial score (nSPS) is 22.8. The number of aliphatic hydroxyl groups excluding tert-OH is 1. The molecule has 1 fully saturated rings. The van der Waals surface area contributed by atoms with Gasteiger partial charge >= 0.3 is 0 Å². The van der Waals surface area contributed by atoms with Crippen LogP contribution >= 0.6 is 27.5 Å². The Hall–Kier alpha value is -0.340. The number of rotatable bonds is 7. The number of hydrogen-bond acceptors (Lipinski definition) is 5. The summed E-state index contributed by atoms with van der Waals surface area (Å²) in [6.07, 6.45) is 3.01. The van der Waals surface area contributed by atoms with Crippen molar-refractivity contribution < 1.29 is 18.3 Å². The number of hydrogen-bond donors (Lipinski definition) is 1. The maximum atomic E-state index is 11.9. The molecule has 5 nitrogen and oxygen atoms in total. The number of nitrogens with zero attached hydrogens (tertiary/aromatic N) is 1. The Bertz CT molecular complexity index is 670. The van der Waals surface area contributed by atoms with Crippen molar-refractivity contribution in [3.05, 3.63) is 27.7 Å². The lowest BCUT2D eigenvalue weighted by Crippen LogP contribution is -2.45. The lowest BCUT2D eigenvalue weighted by molar-refractivity contribution is 0.0640. The van der Waals surface area contributed by atoms with Gasteiger partial charge in [0.2, 0.25) is 0 Å². The Balaban J connectivity index is 1.88. The largest absolute Gasteiger partial charge is 0.490 e. The first-order chi connectivity index (χ1) is 11.2. The summed E-state index contributed by atoms with van der Waals surface area (Å²) in [5, 5.41) is 10.5. The SMILES string of the molecule is CN(C[C@H](O)COc1ccc(Cl)cc1Br)[C@@H]1CCC[C@@H]1S(C)(=O)=O. The number of ether oxygens (including phenoxy) is 1. The third-order valence-corrected chi connectivity index (χ3v) is 6.86. The summed E-state index contributed by atoms with van der Waals surface area (Å²) in [7, 11) is -1.21. The molecule has 0 aliphatic heterocycles. The van der Waals surface area contributed by atoms with E-state index in [-0.39, 0.29) is 17.9 Å². The summed E-state index contributed by atoms with van der Waals surface area (Å²) < 4.78 is 30.1. The Morgan fingerprint density at radius 2 is 2.17 bits per heavy atom. The molecule has 0 saturated heterocycles. The van der Waals surface area contributed by atoms with Gasteiger partial charge in [-0.2, -0.15) is 0 Å². The predicted molar refractivity (Wildman–Crippen MR) is 99.6 cm³/mol. The predicted octanol–water partition coefficient (Wildman–Crippen LogP) is 2.74. The highest BCUT2D eigenvalue weighted by molar-refractivity contribution is 9.10. The number of sulfone groups is 1. The van der Waals surface area contributed by atoms with Crippen LogP contribution in [0.4, 0.5) is 0 Å². The molecule has 136 valence electrons. The zero-order valence-corrected chi connectivity index (χ0v) is 16.9. The van der Waals surface area contributed by atoms with Gasteiger partial charge < -0.3 is 9.84 Å². The molecule has 2 rings (SSSR count). The maximum Gasteiger partial charge on any atom is 0.151 e. The molecular weight excluding hydrogens is 418 g/mol. The van der Waals surface area contributed by atoms with Crippen molar-refractivity contribution in [2.45, 2.75) is 36.7 Å². The smallest absolute Gasteiger partial charge is 0.151 e. The van der Waals surface area contributed by atoms with Gasteiger partial charge in [-0.15, -0.1) is 0 Å². The molecule has 0 radical (unpaired) electrons. The highest BCUT2D eigenvalue weighted by Crippen LogP contribution is 2.29. The van der Waals surface area contributed by atoms with Crippen molar-refractivity contribution in [1.29, 1.82) is 0 Å². The summed E-state index contributed by atoms with van der Waals surface area (Å²) in [6.45, 7) is 0.489. The second-order valence-electron chi connectivity index (χ2n) is 6.35. The fourth-order valence-electron chi connectivity index (χ4n) is 3.21. The first-order valence-corrected chi connectivity index (χ1v) is 11.0. The van der Waals surface area contributed by atoms with E-state index in [0.29, 0.717) is 23.7 Å². The molecule has 1 aromatic rings. The van der Waals surface area contributed by atoms with Crippen molar-refractivity contribution in [1.82, 2.24) is 4.90 Å². The molecule has 0 spiro atoms. The molecule has 0 bridgehead atoms. The molecule has 0 unspecified atom stereocenters. The van der Waals surface area contributed by atoms with Gasteiger partial charge in [-0.25, -0.2) is 8.42 Å². The zero-order valence-electron chi connectivity index (χ0n) is 13.8. The molecule has 1 saturated carbocycles. The minimum absolute atomic E-state index is 0.0445. The standard InChI is InChI=1S/C16H23BrClNO4S/c1-19(14-4-3-5-16(14)24(2,21)22)9-12(20)10-23-15-7-6-11(18)8-13(15)17/h6-8,12,14,16,20H,3-5,9-10H2,1-2H3/t12-,14+,16-/m0/s1. The van der Waals surface area contributed by atoms with E-state index >= 15 is 0 Å². The Morgan fingerprint density at radius 3 is 2.79 bits per heavy atom. The summed E-state index contributed by atoms with van der Waals surface area (Å²) in [5.74, 6) is 0.607. The molecule has 0 amide bonds. The highest BCUT2D eigenvalue weighted by atomic mass is 79.9. The van der Waals surface area contributed by atoms with Crippen LogP contribution in [0.2, 0.25) is 5.02 Å². The molecule has 3 atom stereocenters. The molecule has 1 aliphatic rings. The van der Waals surface area contributed by atoms with Crippen molar-refractivity contribution in [3.63, 3.8) is 0 Å². The van der Waals surface area contributed by atoms with Crippen molar-refractivity contribution in [2.24, 2.45) is 0 Å². The minimum atomic E-state index is -3.07. The average molecular weight is 441 g/mol. The van der Waals surface area contributed by atoms with Crippen LogP contribution in [-0.4, -0.2) is 62.3 Å². The first kappa shape index (κ1) is 20.0. The molecular formula is C16H23BrClNO4S. The van der Waals surface area contributed by atoms with Crippen molar-refractivity contribution >= 4 is 37.4 Å². The zero-order chi connectivity index (χ0) is 17.9. The lowest BCUT2D eigenvalue weighted by atomic mass is 10.2. The molecule has 0 heterocycles. The second kappa shape index (κ2) is 8.36. The maximum absolute atomic E-state index is 11.9. The summed E-state index contributed by atoms with van der Waals surface area (Å²) in [4.78, 5) is 1.93. The van der Waals surface area contributed by atoms with Crippen LogP contribution in [0.1, 0.15) is 19.3 Å². The second-order valence-corrected chi connectivity index (χ2v) is 9.90. The third-order valence-electron chi connectivity index (χ3n) is 4.36. The van der Waals surface area contributed by atoms with Crippen LogP contribution in [0, 0.1) is 0 Å². The van der Waals surface area contributed by atoms with E-state index in [1.54, 1.807) is 18.2 Å². The summed E-state index contributed by atoms with van der Waals surface area (Å²) in [5.41, 5.74) is 0. The Kier molecular flexibility index (Phi) is 6.96. The van der Waals surface area contributed by atoms with Gasteiger partial charge in [0.15, 0.2) is 9.84 Å². The highest BCUT2D eigenvalue weighted by Gasteiger charge is 2.37. The number of halogens is 2. The van der Waals surface area contributed by atoms with Crippen LogP contribution in [0.5, 0.6) is 5.75 Å². The first-order valence-electron chi connectivity index (χ1n) is 7.83. The van der Waals surface area contributed by atoms with E-state index in [9.17, 15) is 13.5 Å². The van der Waals surface area contributed by atoms with Gasteiger partial charge in [0.1, 0.15) is 18.5 Å². The Labute approximate surface area is 157 Å². The third kappa shape index (κ3) is 5.33. The molecule has 1 aromatic carbocycles. The van der Waals surface area contributed by atoms with Crippen molar-refractivity contribution in [3.8, 4) is 5.75 Å². The van der Waals surface area contributed by atoms with E-state index in [0.717, 1.165) is 17.3 Å². The van der Waals surface area contributed by atoms with Gasteiger partial charge in [-0.3, -0.25) is 4.90 Å². The summed E-state index contributed by atoms with van der Waals surface area (Å²) in [6, 6.07) is 5.14. The molecule has 24 heavy (non-hydrogen) atoms. The van der Waals surface area contributed by atoms with Gasteiger partial charge in [0.25, 0.3) is 0 Å². The molecule has 1 N–H and O–H groups in total. The monoisotopic (exact) mass is 439 g/mol. The van der Waals surface area contributed by atoms with Gasteiger partial charge in [-0.05, 0) is 54.0 Å². The quantitative estimate of drug-likeness (QED) is 0.706. The van der Waals surface area contributed by atoms with Gasteiger partial charge in [0, 0.05) is 23.9 Å². The summed E-state index contributed by atoms with van der Waals surface area (Å²) >= 11 is 9.24. The van der Waals surface area contributed by atoms with Crippen LogP contribution < -0.4 is 4.74 Å². The van der Waals surface area contributed by atoms with E-state index in [1.807, 2.05) is 11.9 Å². The number of aliphatic hydroxyl groups is 1. The van der Waals surface area contributed by atoms with Crippen molar-refractivity contribution in [2.75, 3.05) is 26.5 Å². The van der Waals surface area contributed by atoms with E-state index in [2.05, 4.69) is 15.9 Å². The van der Waals surface area contributed by atoms with Crippen LogP contribution in [0.3, 0.4) is 0 Å². The Morgan fingerprint density at radius 1 is 1.46 bits per heavy atom. The van der Waals surface area contributed by atoms with E-state index < -0.39 is 15.9 Å². The fraction of sp³-hybridized carbons (Fsp3) is 0.625.